The lowest BCUT2D eigenvalue weighted by Gasteiger charge is -2.25. The summed E-state index contributed by atoms with van der Waals surface area (Å²) in [6, 6.07) is 1.55. The van der Waals surface area contributed by atoms with Gasteiger partial charge in [-0.25, -0.2) is 0 Å². The number of carbonyl (C=O) groups excluding carboxylic acids is 2. The highest BCUT2D eigenvalue weighted by molar-refractivity contribution is 5.97. The molecule has 1 rings (SSSR count). The Labute approximate surface area is 107 Å². The molecule has 1 aromatic heterocycles. The molecule has 0 radical (unpaired) electrons. The van der Waals surface area contributed by atoms with Crippen LogP contribution >= 0.6 is 0 Å². The molecule has 18 heavy (non-hydrogen) atoms. The molecule has 5 heteroatoms. The van der Waals surface area contributed by atoms with E-state index >= 15 is 0 Å². The van der Waals surface area contributed by atoms with E-state index in [4.69, 9.17) is 4.42 Å². The largest absolute Gasteiger partial charge is 0.469 e. The molecule has 0 saturated carbocycles. The Morgan fingerprint density at radius 1 is 1.44 bits per heavy atom. The Kier molecular flexibility index (Phi) is 4.95. The number of hydrogen-bond acceptors (Lipinski definition) is 4. The van der Waals surface area contributed by atoms with Gasteiger partial charge in [0.25, 0.3) is 5.91 Å². The first-order chi connectivity index (χ1) is 8.51. The predicted octanol–water partition coefficient (Wildman–Crippen LogP) is 1.87. The molecular formula is C13H19NO4. The number of furan rings is 1. The van der Waals surface area contributed by atoms with Crippen LogP contribution in [0.25, 0.3) is 0 Å². The van der Waals surface area contributed by atoms with Gasteiger partial charge in [0.1, 0.15) is 12.3 Å². The zero-order valence-corrected chi connectivity index (χ0v) is 11.2. The first-order valence-electron chi connectivity index (χ1n) is 5.95. The van der Waals surface area contributed by atoms with E-state index in [2.05, 4.69) is 4.74 Å². The van der Waals surface area contributed by atoms with E-state index in [1.165, 1.54) is 18.3 Å². The third-order valence-electron chi connectivity index (χ3n) is 2.71. The normalized spacial score (nSPS) is 10.5. The maximum absolute atomic E-state index is 12.3. The summed E-state index contributed by atoms with van der Waals surface area (Å²) in [5.41, 5.74) is 0.509. The molecule has 0 saturated heterocycles. The number of aryl methyl sites for hydroxylation is 1. The topological polar surface area (TPSA) is 59.8 Å². The molecule has 0 bridgehead atoms. The summed E-state index contributed by atoms with van der Waals surface area (Å²) in [6.45, 7) is 5.57. The predicted molar refractivity (Wildman–Crippen MR) is 66.3 cm³/mol. The van der Waals surface area contributed by atoms with Crippen molar-refractivity contribution in [2.24, 2.45) is 0 Å². The Morgan fingerprint density at radius 2 is 2.11 bits per heavy atom. The molecule has 0 unspecified atom stereocenters. The van der Waals surface area contributed by atoms with Crippen LogP contribution in [0.2, 0.25) is 0 Å². The van der Waals surface area contributed by atoms with Crippen molar-refractivity contribution in [2.75, 3.05) is 13.7 Å². The SMILES string of the molecule is CCc1occc1C(=O)N(CC(=O)OC)C(C)C. The maximum Gasteiger partial charge on any atom is 0.325 e. The maximum atomic E-state index is 12.3. The summed E-state index contributed by atoms with van der Waals surface area (Å²) in [7, 11) is 1.31. The van der Waals surface area contributed by atoms with Crippen molar-refractivity contribution >= 4 is 11.9 Å². The van der Waals surface area contributed by atoms with Crippen LogP contribution in [-0.4, -0.2) is 36.5 Å². The smallest absolute Gasteiger partial charge is 0.325 e. The van der Waals surface area contributed by atoms with E-state index < -0.39 is 5.97 Å². The highest BCUT2D eigenvalue weighted by atomic mass is 16.5. The van der Waals surface area contributed by atoms with E-state index in [0.29, 0.717) is 17.7 Å². The van der Waals surface area contributed by atoms with Gasteiger partial charge in [-0.15, -0.1) is 0 Å². The highest BCUT2D eigenvalue weighted by Crippen LogP contribution is 2.15. The van der Waals surface area contributed by atoms with Gasteiger partial charge in [-0.3, -0.25) is 9.59 Å². The van der Waals surface area contributed by atoms with Gasteiger partial charge in [0.15, 0.2) is 0 Å². The number of hydrogen-bond donors (Lipinski definition) is 0. The number of methoxy groups -OCH3 is 1. The third-order valence-corrected chi connectivity index (χ3v) is 2.71. The minimum Gasteiger partial charge on any atom is -0.469 e. The lowest BCUT2D eigenvalue weighted by atomic mass is 10.1. The number of amides is 1. The number of nitrogens with zero attached hydrogens (tertiary/aromatic N) is 1. The standard InChI is InChI=1S/C13H19NO4/c1-5-11-10(6-7-18-11)13(16)14(9(2)3)8-12(15)17-4/h6-7,9H,5,8H2,1-4H3. The minimum atomic E-state index is -0.432. The summed E-state index contributed by atoms with van der Waals surface area (Å²) in [5.74, 6) is -0.00453. The van der Waals surface area contributed by atoms with E-state index in [0.717, 1.165) is 0 Å². The second kappa shape index (κ2) is 6.23. The van der Waals surface area contributed by atoms with Gasteiger partial charge < -0.3 is 14.1 Å². The molecule has 100 valence electrons. The third kappa shape index (κ3) is 3.12. The van der Waals surface area contributed by atoms with Gasteiger partial charge in [-0.05, 0) is 19.9 Å². The summed E-state index contributed by atoms with van der Waals surface area (Å²) in [6.07, 6.45) is 2.13. The van der Waals surface area contributed by atoms with Crippen LogP contribution < -0.4 is 0 Å². The Hall–Kier alpha value is -1.78. The van der Waals surface area contributed by atoms with Gasteiger partial charge in [0.2, 0.25) is 0 Å². The summed E-state index contributed by atoms with van der Waals surface area (Å²) >= 11 is 0. The van der Waals surface area contributed by atoms with Crippen molar-refractivity contribution in [1.29, 1.82) is 0 Å². The number of carbonyl (C=O) groups is 2. The monoisotopic (exact) mass is 253 g/mol. The Balaban J connectivity index is 2.93. The van der Waals surface area contributed by atoms with Crippen molar-refractivity contribution in [3.8, 4) is 0 Å². The average Bonchev–Trinajstić information content (AvgIpc) is 2.82. The molecule has 0 spiro atoms. The molecule has 0 fully saturated rings. The lowest BCUT2D eigenvalue weighted by Crippen LogP contribution is -2.41. The number of ether oxygens (including phenoxy) is 1. The van der Waals surface area contributed by atoms with Crippen molar-refractivity contribution in [2.45, 2.75) is 33.2 Å². The van der Waals surface area contributed by atoms with Crippen molar-refractivity contribution < 1.29 is 18.7 Å². The van der Waals surface area contributed by atoms with Gasteiger partial charge in [0, 0.05) is 12.5 Å². The van der Waals surface area contributed by atoms with Gasteiger partial charge in [0.05, 0.1) is 18.9 Å². The summed E-state index contributed by atoms with van der Waals surface area (Å²) in [4.78, 5) is 25.1. The van der Waals surface area contributed by atoms with Crippen LogP contribution in [0.5, 0.6) is 0 Å². The molecule has 1 aromatic rings. The zero-order valence-electron chi connectivity index (χ0n) is 11.2. The molecule has 1 amide bonds. The molecule has 0 aliphatic carbocycles. The van der Waals surface area contributed by atoms with Crippen LogP contribution in [-0.2, 0) is 16.0 Å². The molecule has 0 N–H and O–H groups in total. The summed E-state index contributed by atoms with van der Waals surface area (Å²) in [5, 5.41) is 0. The first-order valence-corrected chi connectivity index (χ1v) is 5.95. The Bertz CT molecular complexity index is 422. The zero-order chi connectivity index (χ0) is 13.7. The molecule has 0 aliphatic rings. The summed E-state index contributed by atoms with van der Waals surface area (Å²) < 4.78 is 9.83. The van der Waals surface area contributed by atoms with Crippen molar-refractivity contribution in [1.82, 2.24) is 4.90 Å². The molecule has 0 atom stereocenters. The second-order valence-corrected chi connectivity index (χ2v) is 4.21. The first kappa shape index (κ1) is 14.3. The van der Waals surface area contributed by atoms with E-state index in [1.54, 1.807) is 6.07 Å². The highest BCUT2D eigenvalue weighted by Gasteiger charge is 2.24. The van der Waals surface area contributed by atoms with Gasteiger partial charge >= 0.3 is 5.97 Å². The molecular weight excluding hydrogens is 234 g/mol. The number of esters is 1. The van der Waals surface area contributed by atoms with Crippen LogP contribution in [0.1, 0.15) is 36.9 Å². The average molecular weight is 253 g/mol. The second-order valence-electron chi connectivity index (χ2n) is 4.21. The fraction of sp³-hybridized carbons (Fsp3) is 0.538. The molecule has 1 heterocycles. The van der Waals surface area contributed by atoms with Gasteiger partial charge in [-0.1, -0.05) is 6.92 Å². The Morgan fingerprint density at radius 3 is 2.61 bits per heavy atom. The van der Waals surface area contributed by atoms with Crippen molar-refractivity contribution in [3.05, 3.63) is 23.7 Å². The fourth-order valence-corrected chi connectivity index (χ4v) is 1.65. The van der Waals surface area contributed by atoms with E-state index in [1.807, 2.05) is 20.8 Å². The minimum absolute atomic E-state index is 0.0542. The van der Waals surface area contributed by atoms with Gasteiger partial charge in [-0.2, -0.15) is 0 Å². The van der Waals surface area contributed by atoms with Crippen molar-refractivity contribution in [3.63, 3.8) is 0 Å². The van der Waals surface area contributed by atoms with Crippen LogP contribution in [0, 0.1) is 0 Å². The van der Waals surface area contributed by atoms with E-state index in [9.17, 15) is 9.59 Å². The van der Waals surface area contributed by atoms with Crippen LogP contribution in [0.15, 0.2) is 16.7 Å². The van der Waals surface area contributed by atoms with E-state index in [-0.39, 0.29) is 18.5 Å². The molecule has 0 aromatic carbocycles. The quantitative estimate of drug-likeness (QED) is 0.751. The molecule has 0 aliphatic heterocycles. The lowest BCUT2D eigenvalue weighted by molar-refractivity contribution is -0.141. The molecule has 5 nitrogen and oxygen atoms in total. The van der Waals surface area contributed by atoms with Crippen LogP contribution in [0.4, 0.5) is 0 Å². The fourth-order valence-electron chi connectivity index (χ4n) is 1.65. The number of rotatable bonds is 5. The van der Waals surface area contributed by atoms with Crippen LogP contribution in [0.3, 0.4) is 0 Å².